The Morgan fingerprint density at radius 1 is 1.03 bits per heavy atom. The van der Waals surface area contributed by atoms with Gasteiger partial charge in [0.05, 0.1) is 12.1 Å². The van der Waals surface area contributed by atoms with Gasteiger partial charge in [-0.1, -0.05) is 88.4 Å². The van der Waals surface area contributed by atoms with Crippen molar-refractivity contribution in [1.29, 1.82) is 0 Å². The van der Waals surface area contributed by atoms with E-state index in [2.05, 4.69) is 52.9 Å². The van der Waals surface area contributed by atoms with Crippen LogP contribution in [0.1, 0.15) is 45.7 Å². The van der Waals surface area contributed by atoms with Crippen molar-refractivity contribution in [2.24, 2.45) is 11.8 Å². The van der Waals surface area contributed by atoms with Gasteiger partial charge < -0.3 is 9.16 Å². The van der Waals surface area contributed by atoms with Gasteiger partial charge in [0, 0.05) is 13.2 Å². The summed E-state index contributed by atoms with van der Waals surface area (Å²) < 4.78 is 12.3. The Bertz CT molecular complexity index is 913. The number of esters is 1. The lowest BCUT2D eigenvalue weighted by atomic mass is 9.87. The second-order valence-electron chi connectivity index (χ2n) is 11.0. The van der Waals surface area contributed by atoms with Crippen LogP contribution in [0.2, 0.25) is 18.1 Å². The molecule has 0 amide bonds. The fourth-order valence-electron chi connectivity index (χ4n) is 4.16. The third kappa shape index (κ3) is 6.57. The predicted octanol–water partition coefficient (Wildman–Crippen LogP) is 6.21. The highest BCUT2D eigenvalue weighted by Gasteiger charge is 2.49. The lowest BCUT2D eigenvalue weighted by molar-refractivity contribution is -0.173. The number of ether oxygens (including phenoxy) is 1. The third-order valence-electron chi connectivity index (χ3n) is 7.28. The smallest absolute Gasteiger partial charge is 0.313 e. The molecule has 1 saturated heterocycles. The summed E-state index contributed by atoms with van der Waals surface area (Å²) in [6.07, 6.45) is -0.271. The fourth-order valence-corrected chi connectivity index (χ4v) is 5.27. The Balaban J connectivity index is 1.78. The number of nitrogens with zero attached hydrogens (tertiary/aromatic N) is 1. The zero-order chi connectivity index (χ0) is 24.9. The molecule has 0 aromatic heterocycles. The molecule has 0 radical (unpaired) electrons. The zero-order valence-electron chi connectivity index (χ0n) is 21.8. The van der Waals surface area contributed by atoms with E-state index >= 15 is 0 Å². The van der Waals surface area contributed by atoms with E-state index in [0.29, 0.717) is 13.2 Å². The van der Waals surface area contributed by atoms with Crippen molar-refractivity contribution in [1.82, 2.24) is 5.06 Å². The maximum atomic E-state index is 13.3. The molecule has 34 heavy (non-hydrogen) atoms. The molecule has 5 nitrogen and oxygen atoms in total. The summed E-state index contributed by atoms with van der Waals surface area (Å²) in [6.45, 7) is 16.9. The topological polar surface area (TPSA) is 48.0 Å². The van der Waals surface area contributed by atoms with E-state index < -0.39 is 8.32 Å². The van der Waals surface area contributed by atoms with Crippen LogP contribution in [-0.2, 0) is 31.9 Å². The normalized spacial score (nSPS) is 22.5. The van der Waals surface area contributed by atoms with Crippen molar-refractivity contribution in [3.63, 3.8) is 0 Å². The van der Waals surface area contributed by atoms with Crippen molar-refractivity contribution >= 4 is 14.3 Å². The van der Waals surface area contributed by atoms with Crippen LogP contribution < -0.4 is 0 Å². The molecule has 4 unspecified atom stereocenters. The van der Waals surface area contributed by atoms with Gasteiger partial charge in [-0.25, -0.2) is 0 Å². The van der Waals surface area contributed by atoms with Crippen LogP contribution in [0.5, 0.6) is 0 Å². The van der Waals surface area contributed by atoms with Crippen molar-refractivity contribution in [2.75, 3.05) is 6.61 Å². The summed E-state index contributed by atoms with van der Waals surface area (Å²) in [4.78, 5) is 19.6. The maximum Gasteiger partial charge on any atom is 0.313 e. The van der Waals surface area contributed by atoms with Crippen molar-refractivity contribution in [2.45, 2.75) is 78.0 Å². The predicted molar refractivity (Wildman–Crippen MR) is 138 cm³/mol. The van der Waals surface area contributed by atoms with Gasteiger partial charge in [0.25, 0.3) is 0 Å². The van der Waals surface area contributed by atoms with Gasteiger partial charge in [-0.05, 0) is 42.1 Å². The minimum atomic E-state index is -1.92. The lowest BCUT2D eigenvalue weighted by Gasteiger charge is -2.38. The minimum absolute atomic E-state index is 0.0945. The molecule has 0 spiro atoms. The molecular formula is C28H41NO4Si. The summed E-state index contributed by atoms with van der Waals surface area (Å²) in [7, 11) is -1.92. The first-order chi connectivity index (χ1) is 16.0. The van der Waals surface area contributed by atoms with Crippen LogP contribution in [0, 0.1) is 11.8 Å². The summed E-state index contributed by atoms with van der Waals surface area (Å²) in [5.41, 5.74) is 2.13. The molecule has 0 bridgehead atoms. The molecule has 0 saturated carbocycles. The van der Waals surface area contributed by atoms with Crippen LogP contribution >= 0.6 is 0 Å². The summed E-state index contributed by atoms with van der Waals surface area (Å²) in [5.74, 6) is -0.501. The van der Waals surface area contributed by atoms with Crippen molar-refractivity contribution < 1.29 is 18.8 Å². The molecular weight excluding hydrogens is 442 g/mol. The largest absolute Gasteiger partial charge is 0.460 e. The van der Waals surface area contributed by atoms with Crippen molar-refractivity contribution in [3.8, 4) is 0 Å². The van der Waals surface area contributed by atoms with E-state index in [9.17, 15) is 4.79 Å². The van der Waals surface area contributed by atoms with Gasteiger partial charge in [0.2, 0.25) is 0 Å². The average Bonchev–Trinajstić information content (AvgIpc) is 3.12. The standard InChI is InChI=1S/C28H41NO4Si/c1-21(19-32-34(6,7)28(3,4)5)26-25(27(30)31-20-24-16-12-9-13-17-24)22(2)33-29(26)18-23-14-10-8-11-15-23/h8-17,21-22,25-26H,18-20H2,1-7H3. The molecule has 1 aliphatic rings. The van der Waals surface area contributed by atoms with Crippen LogP contribution in [-0.4, -0.2) is 38.1 Å². The quantitative estimate of drug-likeness (QED) is 0.313. The molecule has 1 fully saturated rings. The van der Waals surface area contributed by atoms with E-state index in [-0.39, 0.29) is 41.6 Å². The SMILES string of the molecule is CC(CO[Si](C)(C)C(C)(C)C)C1C(C(=O)OCc2ccccc2)C(C)ON1Cc1ccccc1. The fraction of sp³-hybridized carbons (Fsp3) is 0.536. The highest BCUT2D eigenvalue weighted by Crippen LogP contribution is 2.39. The first-order valence-electron chi connectivity index (χ1n) is 12.3. The third-order valence-corrected chi connectivity index (χ3v) is 11.8. The molecule has 1 aliphatic heterocycles. The first kappa shape index (κ1) is 26.6. The lowest BCUT2D eigenvalue weighted by Crippen LogP contribution is -2.46. The Labute approximate surface area is 206 Å². The van der Waals surface area contributed by atoms with E-state index in [1.807, 2.05) is 60.5 Å². The van der Waals surface area contributed by atoms with E-state index in [0.717, 1.165) is 11.1 Å². The number of hydroxylamine groups is 2. The molecule has 2 aromatic rings. The molecule has 1 heterocycles. The molecule has 0 aliphatic carbocycles. The van der Waals surface area contributed by atoms with E-state index in [1.165, 1.54) is 0 Å². The molecule has 0 N–H and O–H groups in total. The Morgan fingerprint density at radius 2 is 1.59 bits per heavy atom. The maximum absolute atomic E-state index is 13.3. The second-order valence-corrected chi connectivity index (χ2v) is 15.8. The molecule has 2 aromatic carbocycles. The molecule has 6 heteroatoms. The summed E-state index contributed by atoms with van der Waals surface area (Å²) in [5, 5.41) is 2.11. The molecule has 186 valence electrons. The Kier molecular flexibility index (Phi) is 8.74. The van der Waals surface area contributed by atoms with Crippen molar-refractivity contribution in [3.05, 3.63) is 71.8 Å². The summed E-state index contributed by atoms with van der Waals surface area (Å²) >= 11 is 0. The van der Waals surface area contributed by atoms with Gasteiger partial charge in [-0.15, -0.1) is 0 Å². The Hall–Kier alpha value is -1.99. The van der Waals surface area contributed by atoms with Crippen LogP contribution in [0.3, 0.4) is 0 Å². The monoisotopic (exact) mass is 483 g/mol. The number of benzene rings is 2. The van der Waals surface area contributed by atoms with Gasteiger partial charge in [-0.2, -0.15) is 5.06 Å². The number of hydrogen-bond acceptors (Lipinski definition) is 5. The average molecular weight is 484 g/mol. The van der Waals surface area contributed by atoms with Gasteiger partial charge in [0.15, 0.2) is 8.32 Å². The van der Waals surface area contributed by atoms with Crippen LogP contribution in [0.15, 0.2) is 60.7 Å². The number of carbonyl (C=O) groups is 1. The zero-order valence-corrected chi connectivity index (χ0v) is 22.8. The Morgan fingerprint density at radius 3 is 2.15 bits per heavy atom. The summed E-state index contributed by atoms with van der Waals surface area (Å²) in [6, 6.07) is 19.9. The minimum Gasteiger partial charge on any atom is -0.460 e. The van der Waals surface area contributed by atoms with Gasteiger partial charge in [0.1, 0.15) is 12.5 Å². The molecule has 4 atom stereocenters. The first-order valence-corrected chi connectivity index (χ1v) is 15.2. The number of carbonyl (C=O) groups excluding carboxylic acids is 1. The van der Waals surface area contributed by atoms with Crippen LogP contribution in [0.4, 0.5) is 0 Å². The number of rotatable bonds is 9. The molecule has 3 rings (SSSR count). The van der Waals surface area contributed by atoms with E-state index in [1.54, 1.807) is 0 Å². The van der Waals surface area contributed by atoms with E-state index in [4.69, 9.17) is 14.0 Å². The highest BCUT2D eigenvalue weighted by molar-refractivity contribution is 6.74. The number of hydrogen-bond donors (Lipinski definition) is 0. The second kappa shape index (κ2) is 11.2. The van der Waals surface area contributed by atoms with Crippen LogP contribution in [0.25, 0.3) is 0 Å². The van der Waals surface area contributed by atoms with Gasteiger partial charge in [-0.3, -0.25) is 9.63 Å². The van der Waals surface area contributed by atoms with Gasteiger partial charge >= 0.3 is 5.97 Å². The highest BCUT2D eigenvalue weighted by atomic mass is 28.4.